The summed E-state index contributed by atoms with van der Waals surface area (Å²) in [5, 5.41) is 8.53. The molecule has 0 aliphatic rings. The summed E-state index contributed by atoms with van der Waals surface area (Å²) < 4.78 is 1.68. The van der Waals surface area contributed by atoms with Gasteiger partial charge in [0.15, 0.2) is 0 Å². The van der Waals surface area contributed by atoms with E-state index in [1.807, 2.05) is 0 Å². The lowest BCUT2D eigenvalue weighted by atomic mass is 10.4. The second kappa shape index (κ2) is 5.26. The molecule has 0 radical (unpaired) electrons. The number of carbonyl (C=O) groups excluding carboxylic acids is 1. The van der Waals surface area contributed by atoms with Gasteiger partial charge >= 0.3 is 5.97 Å². The number of hydrogen-bond donors (Lipinski definition) is 2. The van der Waals surface area contributed by atoms with Crippen LogP contribution in [0.3, 0.4) is 0 Å². The smallest absolute Gasteiger partial charge is 0.323 e. The number of aliphatic carboxylic acids is 1. The van der Waals surface area contributed by atoms with E-state index in [2.05, 4.69) is 4.98 Å². The summed E-state index contributed by atoms with van der Waals surface area (Å²) in [6.45, 7) is 0.681. The molecular weight excluding hydrogens is 212 g/mol. The van der Waals surface area contributed by atoms with Crippen LogP contribution in [0.4, 0.5) is 0 Å². The summed E-state index contributed by atoms with van der Waals surface area (Å²) in [5.41, 5.74) is 5.57. The Labute approximate surface area is 92.5 Å². The molecule has 3 N–H and O–H groups in total. The highest BCUT2D eigenvalue weighted by atomic mass is 16.4. The van der Waals surface area contributed by atoms with Gasteiger partial charge in [-0.15, -0.1) is 0 Å². The normalized spacial score (nSPS) is 10.1. The maximum absolute atomic E-state index is 11.7. The summed E-state index contributed by atoms with van der Waals surface area (Å²) in [6, 6.07) is 0. The SMILES string of the molecule is CN(CC(=O)O)C(=O)c1cn(CCN)cn1. The Kier molecular flexibility index (Phi) is 4.01. The average molecular weight is 226 g/mol. The standard InChI is InChI=1S/C9H14N4O3/c1-12(5-8(14)15)9(16)7-4-13(3-2-10)6-11-7/h4,6H,2-3,5,10H2,1H3,(H,14,15). The first kappa shape index (κ1) is 12.2. The largest absolute Gasteiger partial charge is 0.480 e. The molecule has 0 atom stereocenters. The van der Waals surface area contributed by atoms with E-state index < -0.39 is 11.9 Å². The minimum absolute atomic E-state index is 0.220. The van der Waals surface area contributed by atoms with Crippen LogP contribution in [-0.2, 0) is 11.3 Å². The third-order valence-corrected chi connectivity index (χ3v) is 1.96. The molecule has 0 aliphatic carbocycles. The van der Waals surface area contributed by atoms with Crippen molar-refractivity contribution in [1.29, 1.82) is 0 Å². The summed E-state index contributed by atoms with van der Waals surface area (Å²) in [4.78, 5) is 27.1. The average Bonchev–Trinajstić information content (AvgIpc) is 2.64. The van der Waals surface area contributed by atoms with Crippen molar-refractivity contribution in [2.75, 3.05) is 20.1 Å². The highest BCUT2D eigenvalue weighted by molar-refractivity contribution is 5.93. The molecule has 1 rings (SSSR count). The number of amides is 1. The number of carboxylic acid groups (broad SMARTS) is 1. The highest BCUT2D eigenvalue weighted by Crippen LogP contribution is 2.00. The number of nitrogens with zero attached hydrogens (tertiary/aromatic N) is 3. The van der Waals surface area contributed by atoms with Crippen LogP contribution in [0.5, 0.6) is 0 Å². The van der Waals surface area contributed by atoms with Crippen molar-refractivity contribution in [3.05, 3.63) is 18.2 Å². The summed E-state index contributed by atoms with van der Waals surface area (Å²) >= 11 is 0. The van der Waals surface area contributed by atoms with Crippen molar-refractivity contribution in [2.45, 2.75) is 6.54 Å². The van der Waals surface area contributed by atoms with E-state index in [9.17, 15) is 9.59 Å². The first-order valence-corrected chi connectivity index (χ1v) is 4.73. The maximum atomic E-state index is 11.7. The molecule has 7 heteroatoms. The third-order valence-electron chi connectivity index (χ3n) is 1.96. The number of carboxylic acids is 1. The van der Waals surface area contributed by atoms with E-state index in [-0.39, 0.29) is 12.2 Å². The maximum Gasteiger partial charge on any atom is 0.323 e. The molecule has 0 spiro atoms. The van der Waals surface area contributed by atoms with Gasteiger partial charge in [-0.3, -0.25) is 9.59 Å². The van der Waals surface area contributed by atoms with Crippen LogP contribution >= 0.6 is 0 Å². The fourth-order valence-electron chi connectivity index (χ4n) is 1.21. The fraction of sp³-hybridized carbons (Fsp3) is 0.444. The van der Waals surface area contributed by atoms with Gasteiger partial charge in [-0.25, -0.2) is 4.98 Å². The molecule has 0 saturated carbocycles. The number of likely N-dealkylation sites (N-methyl/N-ethyl adjacent to an activating group) is 1. The molecule has 88 valence electrons. The predicted octanol–water partition coefficient (Wildman–Crippen LogP) is -1.00. The molecule has 0 bridgehead atoms. The lowest BCUT2D eigenvalue weighted by molar-refractivity contribution is -0.137. The summed E-state index contributed by atoms with van der Waals surface area (Å²) in [6.07, 6.45) is 3.04. The molecule has 7 nitrogen and oxygen atoms in total. The minimum Gasteiger partial charge on any atom is -0.480 e. The summed E-state index contributed by atoms with van der Waals surface area (Å²) in [7, 11) is 1.42. The molecule has 1 heterocycles. The van der Waals surface area contributed by atoms with Gasteiger partial charge in [-0.2, -0.15) is 0 Å². The van der Waals surface area contributed by atoms with E-state index in [1.165, 1.54) is 13.4 Å². The van der Waals surface area contributed by atoms with Gasteiger partial charge in [0.1, 0.15) is 12.2 Å². The Bertz CT molecular complexity index is 388. The van der Waals surface area contributed by atoms with Crippen LogP contribution in [0.2, 0.25) is 0 Å². The molecule has 1 aromatic heterocycles. The van der Waals surface area contributed by atoms with Gasteiger partial charge in [0.25, 0.3) is 5.91 Å². The fourth-order valence-corrected chi connectivity index (χ4v) is 1.21. The van der Waals surface area contributed by atoms with Gasteiger partial charge in [-0.05, 0) is 0 Å². The number of carbonyl (C=O) groups is 2. The molecule has 0 saturated heterocycles. The Morgan fingerprint density at radius 3 is 2.88 bits per heavy atom. The lowest BCUT2D eigenvalue weighted by Crippen LogP contribution is -2.32. The van der Waals surface area contributed by atoms with Gasteiger partial charge in [-0.1, -0.05) is 0 Å². The van der Waals surface area contributed by atoms with E-state index in [1.54, 1.807) is 10.8 Å². The van der Waals surface area contributed by atoms with Crippen LogP contribution in [0.1, 0.15) is 10.5 Å². The lowest BCUT2D eigenvalue weighted by Gasteiger charge is -2.12. The molecule has 0 aliphatic heterocycles. The van der Waals surface area contributed by atoms with Crippen LogP contribution in [0, 0.1) is 0 Å². The highest BCUT2D eigenvalue weighted by Gasteiger charge is 2.16. The predicted molar refractivity (Wildman–Crippen MR) is 55.9 cm³/mol. The number of hydrogen-bond acceptors (Lipinski definition) is 4. The zero-order chi connectivity index (χ0) is 12.1. The van der Waals surface area contributed by atoms with Crippen LogP contribution in [-0.4, -0.2) is 51.6 Å². The monoisotopic (exact) mass is 226 g/mol. The minimum atomic E-state index is -1.06. The Morgan fingerprint density at radius 2 is 2.31 bits per heavy atom. The van der Waals surface area contributed by atoms with Crippen molar-refractivity contribution < 1.29 is 14.7 Å². The van der Waals surface area contributed by atoms with Crippen molar-refractivity contribution in [2.24, 2.45) is 5.73 Å². The number of rotatable bonds is 5. The topological polar surface area (TPSA) is 101 Å². The van der Waals surface area contributed by atoms with Crippen LogP contribution < -0.4 is 5.73 Å². The molecule has 1 amide bonds. The molecule has 1 aromatic rings. The number of imidazole rings is 1. The quantitative estimate of drug-likeness (QED) is 0.670. The second-order valence-corrected chi connectivity index (χ2v) is 3.34. The van der Waals surface area contributed by atoms with Crippen molar-refractivity contribution in [3.63, 3.8) is 0 Å². The van der Waals surface area contributed by atoms with Gasteiger partial charge < -0.3 is 20.3 Å². The third kappa shape index (κ3) is 3.06. The van der Waals surface area contributed by atoms with E-state index in [4.69, 9.17) is 10.8 Å². The molecule has 16 heavy (non-hydrogen) atoms. The van der Waals surface area contributed by atoms with Gasteiger partial charge in [0, 0.05) is 26.3 Å². The summed E-state index contributed by atoms with van der Waals surface area (Å²) in [5.74, 6) is -1.48. The van der Waals surface area contributed by atoms with E-state index >= 15 is 0 Å². The van der Waals surface area contributed by atoms with Crippen molar-refractivity contribution in [3.8, 4) is 0 Å². The first-order chi connectivity index (χ1) is 7.54. The van der Waals surface area contributed by atoms with Crippen molar-refractivity contribution in [1.82, 2.24) is 14.5 Å². The first-order valence-electron chi connectivity index (χ1n) is 4.73. The van der Waals surface area contributed by atoms with Gasteiger partial charge in [0.2, 0.25) is 0 Å². The number of aromatic nitrogens is 2. The second-order valence-electron chi connectivity index (χ2n) is 3.34. The Hall–Kier alpha value is -1.89. The van der Waals surface area contributed by atoms with Crippen LogP contribution in [0.15, 0.2) is 12.5 Å². The molecular formula is C9H14N4O3. The Balaban J connectivity index is 2.68. The van der Waals surface area contributed by atoms with Gasteiger partial charge in [0.05, 0.1) is 6.33 Å². The van der Waals surface area contributed by atoms with Crippen molar-refractivity contribution >= 4 is 11.9 Å². The molecule has 0 fully saturated rings. The number of nitrogens with two attached hydrogens (primary N) is 1. The zero-order valence-corrected chi connectivity index (χ0v) is 8.96. The molecule has 0 aromatic carbocycles. The zero-order valence-electron chi connectivity index (χ0n) is 8.96. The Morgan fingerprint density at radius 1 is 1.62 bits per heavy atom. The van der Waals surface area contributed by atoms with Crippen LogP contribution in [0.25, 0.3) is 0 Å². The van der Waals surface area contributed by atoms with E-state index in [0.29, 0.717) is 13.1 Å². The molecule has 0 unspecified atom stereocenters. The van der Waals surface area contributed by atoms with E-state index in [0.717, 1.165) is 4.90 Å².